The van der Waals surface area contributed by atoms with Crippen LogP contribution in [-0.2, 0) is 19.1 Å². The molecule has 0 saturated heterocycles. The summed E-state index contributed by atoms with van der Waals surface area (Å²) >= 11 is 37.4. The van der Waals surface area contributed by atoms with Crippen molar-refractivity contribution >= 4 is 93.5 Å². The van der Waals surface area contributed by atoms with Gasteiger partial charge in [0.15, 0.2) is 11.5 Å². The van der Waals surface area contributed by atoms with E-state index in [0.717, 1.165) is 50.7 Å². The maximum absolute atomic E-state index is 13.1. The van der Waals surface area contributed by atoms with Crippen molar-refractivity contribution in [1.29, 1.82) is 0 Å². The summed E-state index contributed by atoms with van der Waals surface area (Å²) in [6.45, 7) is 8.87. The molecule has 0 N–H and O–H groups in total. The fraction of sp³-hybridized carbons (Fsp3) is 0.529. The van der Waals surface area contributed by atoms with Gasteiger partial charge < -0.3 is 18.9 Å². The largest absolute Gasteiger partial charge is 0.462 e. The minimum absolute atomic E-state index is 0.0761. The number of hydrogen-bond acceptors (Lipinski definition) is 8. The lowest BCUT2D eigenvalue weighted by Gasteiger charge is -2.45. The van der Waals surface area contributed by atoms with Gasteiger partial charge in [-0.05, 0) is 73.3 Å². The Morgan fingerprint density at radius 1 is 0.625 bits per heavy atom. The number of carbonyl (C=O) groups is 4. The van der Waals surface area contributed by atoms with Crippen molar-refractivity contribution in [3.05, 3.63) is 53.4 Å². The van der Waals surface area contributed by atoms with E-state index < -0.39 is 46.5 Å². The van der Waals surface area contributed by atoms with Gasteiger partial charge in [0.2, 0.25) is 0 Å². The molecule has 0 atom stereocenters. The summed E-state index contributed by atoms with van der Waals surface area (Å²) in [5.74, 6) is -5.53. The van der Waals surface area contributed by atoms with Crippen molar-refractivity contribution in [2.24, 2.45) is 22.7 Å². The molecule has 0 aromatic heterocycles. The number of benzene rings is 2. The fourth-order valence-electron chi connectivity index (χ4n) is 6.42. The molecular weight excluding hydrogens is 749 g/mol. The van der Waals surface area contributed by atoms with E-state index in [4.69, 9.17) is 88.6 Å². The molecule has 0 unspecified atom stereocenters. The fourth-order valence-corrected chi connectivity index (χ4v) is 7.86. The smallest absolute Gasteiger partial charge is 0.423 e. The Morgan fingerprint density at radius 3 is 1.27 bits per heavy atom. The van der Waals surface area contributed by atoms with E-state index in [1.165, 1.54) is 0 Å². The summed E-state index contributed by atoms with van der Waals surface area (Å²) in [7, 11) is 0. The SMILES string of the molecule is CCC1(C)CC(CCOC(=O)c2c(Cl)c(Cl)cc(Cl)c2OC(=O)C(=O)Oc2c(Cl)cc(Cl)c(Cl)c2C(=O)OCCC2CC(C)(CC)C2)C1. The molecule has 2 aromatic carbocycles. The third kappa shape index (κ3) is 8.85. The molecule has 0 radical (unpaired) electrons. The second kappa shape index (κ2) is 15.9. The summed E-state index contributed by atoms with van der Waals surface area (Å²) < 4.78 is 21.2. The lowest BCUT2D eigenvalue weighted by Crippen LogP contribution is -2.34. The Bertz CT molecular complexity index is 1480. The van der Waals surface area contributed by atoms with Gasteiger partial charge in [0.05, 0.1) is 43.3 Å². The highest BCUT2D eigenvalue weighted by molar-refractivity contribution is 6.47. The molecule has 0 aliphatic heterocycles. The minimum Gasteiger partial charge on any atom is -0.462 e. The molecule has 0 bridgehead atoms. The van der Waals surface area contributed by atoms with E-state index in [1.807, 2.05) is 0 Å². The van der Waals surface area contributed by atoms with Crippen LogP contribution in [0, 0.1) is 22.7 Å². The van der Waals surface area contributed by atoms with Crippen LogP contribution in [0.5, 0.6) is 11.5 Å². The summed E-state index contributed by atoms with van der Waals surface area (Å²) in [5, 5.41) is -1.45. The Kier molecular flexibility index (Phi) is 12.9. The highest BCUT2D eigenvalue weighted by atomic mass is 35.5. The molecule has 0 heterocycles. The first-order valence-electron chi connectivity index (χ1n) is 15.6. The molecule has 8 nitrogen and oxygen atoms in total. The van der Waals surface area contributed by atoms with Gasteiger partial charge in [0.1, 0.15) is 11.1 Å². The normalized spacial score (nSPS) is 23.0. The first kappa shape index (κ1) is 38.9. The van der Waals surface area contributed by atoms with Crippen molar-refractivity contribution < 1.29 is 38.1 Å². The minimum atomic E-state index is -1.64. The zero-order chi connectivity index (χ0) is 35.6. The Morgan fingerprint density at radius 2 is 0.958 bits per heavy atom. The second-order valence-corrected chi connectivity index (χ2v) is 15.6. The average molecular weight is 785 g/mol. The summed E-state index contributed by atoms with van der Waals surface area (Å²) in [4.78, 5) is 52.2. The van der Waals surface area contributed by atoms with Crippen LogP contribution in [0.4, 0.5) is 0 Å². The second-order valence-electron chi connectivity index (χ2n) is 13.2. The van der Waals surface area contributed by atoms with Crippen molar-refractivity contribution in [3.8, 4) is 11.5 Å². The Balaban J connectivity index is 1.45. The van der Waals surface area contributed by atoms with E-state index in [2.05, 4.69) is 27.7 Å². The molecule has 0 amide bonds. The highest BCUT2D eigenvalue weighted by Crippen LogP contribution is 2.50. The predicted molar refractivity (Wildman–Crippen MR) is 186 cm³/mol. The van der Waals surface area contributed by atoms with Gasteiger partial charge in [-0.25, -0.2) is 19.2 Å². The van der Waals surface area contributed by atoms with Crippen LogP contribution in [-0.4, -0.2) is 37.1 Å². The molecule has 2 saturated carbocycles. The maximum Gasteiger partial charge on any atom is 0.423 e. The molecule has 262 valence electrons. The number of esters is 4. The summed E-state index contributed by atoms with van der Waals surface area (Å²) in [5.41, 5.74) is -0.317. The number of hydrogen-bond donors (Lipinski definition) is 0. The van der Waals surface area contributed by atoms with Gasteiger partial charge in [-0.2, -0.15) is 0 Å². The molecule has 0 spiro atoms. The van der Waals surface area contributed by atoms with Gasteiger partial charge >= 0.3 is 23.9 Å². The molecule has 2 aromatic rings. The van der Waals surface area contributed by atoms with Crippen LogP contribution < -0.4 is 9.47 Å². The summed E-state index contributed by atoms with van der Waals surface area (Å²) in [6, 6.07) is 2.26. The third-order valence-electron chi connectivity index (χ3n) is 9.57. The van der Waals surface area contributed by atoms with Gasteiger partial charge in [-0.1, -0.05) is 110 Å². The van der Waals surface area contributed by atoms with E-state index >= 15 is 0 Å². The number of carbonyl (C=O) groups excluding carboxylic acids is 4. The standard InChI is InChI=1S/C34H36Cl6O8/c1-5-33(3)13-17(14-33)7-9-45-29(41)23-25(39)19(35)11-21(37)27(23)47-31(43)32(44)48-28-22(38)12-20(36)26(40)24(28)30(42)46-10-8-18-15-34(4,6-2)16-18/h11-12,17-18H,5-10,13-16H2,1-4H3. The Hall–Kier alpha value is -1.94. The zero-order valence-corrected chi connectivity index (χ0v) is 31.4. The topological polar surface area (TPSA) is 105 Å². The van der Waals surface area contributed by atoms with Crippen molar-refractivity contribution in [3.63, 3.8) is 0 Å². The Labute approximate surface area is 309 Å². The predicted octanol–water partition coefficient (Wildman–Crippen LogP) is 10.9. The quantitative estimate of drug-likeness (QED) is 0.0907. The summed E-state index contributed by atoms with van der Waals surface area (Å²) in [6.07, 6.45) is 7.49. The van der Waals surface area contributed by atoms with Gasteiger partial charge in [-0.15, -0.1) is 0 Å². The van der Waals surface area contributed by atoms with Crippen LogP contribution in [0.2, 0.25) is 30.1 Å². The molecule has 2 aliphatic rings. The molecule has 2 fully saturated rings. The van der Waals surface area contributed by atoms with E-state index in [9.17, 15) is 19.2 Å². The van der Waals surface area contributed by atoms with E-state index in [1.54, 1.807) is 0 Å². The number of ether oxygens (including phenoxy) is 4. The monoisotopic (exact) mass is 782 g/mol. The number of halogens is 6. The average Bonchev–Trinajstić information content (AvgIpc) is 3.00. The molecule has 14 heteroatoms. The lowest BCUT2D eigenvalue weighted by molar-refractivity contribution is -0.156. The highest BCUT2D eigenvalue weighted by Gasteiger charge is 2.39. The van der Waals surface area contributed by atoms with Gasteiger partial charge in [-0.3, -0.25) is 0 Å². The van der Waals surface area contributed by atoms with E-state index in [0.29, 0.717) is 35.5 Å². The first-order valence-corrected chi connectivity index (χ1v) is 17.9. The van der Waals surface area contributed by atoms with Crippen LogP contribution >= 0.6 is 69.6 Å². The molecular formula is C34H36Cl6O8. The van der Waals surface area contributed by atoms with Crippen molar-refractivity contribution in [2.45, 2.75) is 79.1 Å². The van der Waals surface area contributed by atoms with Gasteiger partial charge in [0, 0.05) is 0 Å². The van der Waals surface area contributed by atoms with Gasteiger partial charge in [0.25, 0.3) is 0 Å². The maximum atomic E-state index is 13.1. The number of rotatable bonds is 12. The molecule has 48 heavy (non-hydrogen) atoms. The lowest BCUT2D eigenvalue weighted by atomic mass is 9.61. The molecule has 2 aliphatic carbocycles. The zero-order valence-electron chi connectivity index (χ0n) is 26.9. The van der Waals surface area contributed by atoms with Crippen LogP contribution in [0.1, 0.15) is 99.8 Å². The van der Waals surface area contributed by atoms with Crippen LogP contribution in [0.3, 0.4) is 0 Å². The van der Waals surface area contributed by atoms with Crippen molar-refractivity contribution in [2.75, 3.05) is 13.2 Å². The van der Waals surface area contributed by atoms with E-state index in [-0.39, 0.29) is 43.3 Å². The van der Waals surface area contributed by atoms with Crippen molar-refractivity contribution in [1.82, 2.24) is 0 Å². The first-order chi connectivity index (χ1) is 22.5. The van der Waals surface area contributed by atoms with Crippen LogP contribution in [0.25, 0.3) is 0 Å². The van der Waals surface area contributed by atoms with Crippen LogP contribution in [0.15, 0.2) is 12.1 Å². The molecule has 4 rings (SSSR count). The third-order valence-corrected chi connectivity index (χ3v) is 11.7.